The van der Waals surface area contributed by atoms with Gasteiger partial charge >= 0.3 is 0 Å². The minimum Gasteiger partial charge on any atom is -0.492 e. The molecule has 1 saturated carbocycles. The van der Waals surface area contributed by atoms with Crippen molar-refractivity contribution in [2.45, 2.75) is 80.6 Å². The number of aliphatic hydroxyl groups is 3. The minimum absolute atomic E-state index is 0.0109. The molecule has 3 rings (SSSR count). The summed E-state index contributed by atoms with van der Waals surface area (Å²) in [7, 11) is 0. The second-order valence-electron chi connectivity index (χ2n) is 8.54. The summed E-state index contributed by atoms with van der Waals surface area (Å²) in [6.07, 6.45) is -1.55. The third-order valence-electron chi connectivity index (χ3n) is 5.91. The molecule has 0 amide bonds. The first-order valence-corrected chi connectivity index (χ1v) is 9.81. The standard InChI is InChI=1S/C18H34N4O6/c1-18(25)5-12(23)17(26-7-18)28-16-11(22)4-10(21)13(14(16)24)15-9(20)3-2-8(6-19)27-15/h2,9-17,23-25H,3-7,19-22H2,1H3/t9-,10+,11-,12-,13?,14+,15+,16+,17-,18-/m1/s1. The summed E-state index contributed by atoms with van der Waals surface area (Å²) >= 11 is 0. The van der Waals surface area contributed by atoms with Gasteiger partial charge in [-0.3, -0.25) is 0 Å². The highest BCUT2D eigenvalue weighted by Crippen LogP contribution is 2.35. The molecule has 10 heteroatoms. The molecular formula is C18H34N4O6. The van der Waals surface area contributed by atoms with Gasteiger partial charge in [0.25, 0.3) is 0 Å². The molecule has 28 heavy (non-hydrogen) atoms. The van der Waals surface area contributed by atoms with Gasteiger partial charge in [-0.15, -0.1) is 0 Å². The van der Waals surface area contributed by atoms with Crippen molar-refractivity contribution < 1.29 is 29.5 Å². The first kappa shape index (κ1) is 21.9. The largest absolute Gasteiger partial charge is 0.492 e. The highest BCUT2D eigenvalue weighted by atomic mass is 16.7. The van der Waals surface area contributed by atoms with Crippen LogP contribution in [-0.2, 0) is 14.2 Å². The van der Waals surface area contributed by atoms with Crippen molar-refractivity contribution >= 4 is 0 Å². The van der Waals surface area contributed by atoms with Crippen LogP contribution in [-0.4, -0.2) is 82.9 Å². The lowest BCUT2D eigenvalue weighted by Crippen LogP contribution is -2.66. The molecule has 0 radical (unpaired) electrons. The Hall–Kier alpha value is -0.820. The summed E-state index contributed by atoms with van der Waals surface area (Å²) < 4.78 is 17.2. The van der Waals surface area contributed by atoms with Gasteiger partial charge in [0, 0.05) is 30.5 Å². The maximum atomic E-state index is 11.1. The highest BCUT2D eigenvalue weighted by molar-refractivity contribution is 5.09. The molecule has 1 aliphatic carbocycles. The van der Waals surface area contributed by atoms with Gasteiger partial charge in [-0.05, 0) is 25.8 Å². The third kappa shape index (κ3) is 4.50. The quantitative estimate of drug-likeness (QED) is 0.259. The van der Waals surface area contributed by atoms with Crippen molar-refractivity contribution in [3.63, 3.8) is 0 Å². The Bertz CT molecular complexity index is 576. The van der Waals surface area contributed by atoms with E-state index < -0.39 is 54.3 Å². The number of nitrogens with two attached hydrogens (primary N) is 4. The fourth-order valence-corrected chi connectivity index (χ4v) is 4.42. The molecule has 0 aromatic heterocycles. The zero-order chi connectivity index (χ0) is 20.6. The average molecular weight is 402 g/mol. The maximum Gasteiger partial charge on any atom is 0.184 e. The molecule has 2 fully saturated rings. The summed E-state index contributed by atoms with van der Waals surface area (Å²) in [5, 5.41) is 31.3. The van der Waals surface area contributed by atoms with Crippen molar-refractivity contribution in [2.24, 2.45) is 28.9 Å². The summed E-state index contributed by atoms with van der Waals surface area (Å²) in [6, 6.07) is -1.33. The SMILES string of the molecule is C[C@]1(O)CO[C@H](O[C@H]2[C@H](N)C[C@H](N)C([C@H]3OC(CN)=CC[C@H]3N)[C@@H]2O)[C@H](O)C1. The zero-order valence-corrected chi connectivity index (χ0v) is 16.2. The molecular weight excluding hydrogens is 368 g/mol. The Labute approximate surface area is 164 Å². The van der Waals surface area contributed by atoms with Crippen LogP contribution in [0.5, 0.6) is 0 Å². The van der Waals surface area contributed by atoms with Crippen LogP contribution in [0.2, 0.25) is 0 Å². The predicted octanol–water partition coefficient (Wildman–Crippen LogP) is -2.78. The van der Waals surface area contributed by atoms with Gasteiger partial charge in [-0.1, -0.05) is 0 Å². The summed E-state index contributed by atoms with van der Waals surface area (Å²) in [4.78, 5) is 0. The van der Waals surface area contributed by atoms with E-state index in [9.17, 15) is 15.3 Å². The fourth-order valence-electron chi connectivity index (χ4n) is 4.42. The molecule has 1 saturated heterocycles. The average Bonchev–Trinajstić information content (AvgIpc) is 2.61. The molecule has 1 unspecified atom stereocenters. The minimum atomic E-state index is -1.13. The Morgan fingerprint density at radius 2 is 1.93 bits per heavy atom. The molecule has 2 heterocycles. The molecule has 3 aliphatic rings. The van der Waals surface area contributed by atoms with E-state index in [1.807, 2.05) is 6.08 Å². The molecule has 11 N–H and O–H groups in total. The van der Waals surface area contributed by atoms with Crippen LogP contribution in [0.3, 0.4) is 0 Å². The van der Waals surface area contributed by atoms with E-state index in [4.69, 9.17) is 37.1 Å². The first-order chi connectivity index (χ1) is 13.1. The second-order valence-corrected chi connectivity index (χ2v) is 8.54. The maximum absolute atomic E-state index is 11.1. The Kier molecular flexibility index (Phi) is 6.64. The fraction of sp³-hybridized carbons (Fsp3) is 0.889. The van der Waals surface area contributed by atoms with E-state index in [1.54, 1.807) is 6.92 Å². The van der Waals surface area contributed by atoms with Gasteiger partial charge < -0.3 is 52.5 Å². The van der Waals surface area contributed by atoms with Crippen LogP contribution in [0.15, 0.2) is 11.8 Å². The van der Waals surface area contributed by atoms with Crippen LogP contribution in [0.1, 0.15) is 26.2 Å². The van der Waals surface area contributed by atoms with E-state index in [-0.39, 0.29) is 25.6 Å². The summed E-state index contributed by atoms with van der Waals surface area (Å²) in [5.74, 6) is 0.102. The van der Waals surface area contributed by atoms with Crippen molar-refractivity contribution in [2.75, 3.05) is 13.2 Å². The smallest absolute Gasteiger partial charge is 0.184 e. The topological polar surface area (TPSA) is 192 Å². The van der Waals surface area contributed by atoms with Crippen molar-refractivity contribution in [1.29, 1.82) is 0 Å². The van der Waals surface area contributed by atoms with Crippen molar-refractivity contribution in [1.82, 2.24) is 0 Å². The molecule has 162 valence electrons. The van der Waals surface area contributed by atoms with E-state index in [1.165, 1.54) is 0 Å². The van der Waals surface area contributed by atoms with Crippen LogP contribution in [0.4, 0.5) is 0 Å². The van der Waals surface area contributed by atoms with Gasteiger partial charge in [0.1, 0.15) is 24.1 Å². The summed E-state index contributed by atoms with van der Waals surface area (Å²) in [5.41, 5.74) is 23.3. The van der Waals surface area contributed by atoms with Gasteiger partial charge in [0.05, 0.1) is 24.9 Å². The van der Waals surface area contributed by atoms with Crippen LogP contribution in [0.25, 0.3) is 0 Å². The molecule has 10 nitrogen and oxygen atoms in total. The molecule has 0 aromatic carbocycles. The molecule has 0 bridgehead atoms. The number of aliphatic hydroxyl groups excluding tert-OH is 2. The summed E-state index contributed by atoms with van der Waals surface area (Å²) in [6.45, 7) is 1.83. The Morgan fingerprint density at radius 3 is 2.57 bits per heavy atom. The Morgan fingerprint density at radius 1 is 1.21 bits per heavy atom. The molecule has 10 atom stereocenters. The van der Waals surface area contributed by atoms with Crippen molar-refractivity contribution in [3.05, 3.63) is 11.8 Å². The highest BCUT2D eigenvalue weighted by Gasteiger charge is 2.50. The number of rotatable bonds is 4. The zero-order valence-electron chi connectivity index (χ0n) is 16.2. The lowest BCUT2D eigenvalue weighted by atomic mass is 9.73. The van der Waals surface area contributed by atoms with Gasteiger partial charge in [0.15, 0.2) is 6.29 Å². The lowest BCUT2D eigenvalue weighted by Gasteiger charge is -2.48. The lowest BCUT2D eigenvalue weighted by molar-refractivity contribution is -0.288. The molecule has 2 aliphatic heterocycles. The monoisotopic (exact) mass is 402 g/mol. The van der Waals surface area contributed by atoms with E-state index in [0.29, 0.717) is 18.6 Å². The van der Waals surface area contributed by atoms with Crippen LogP contribution >= 0.6 is 0 Å². The number of hydrogen-bond donors (Lipinski definition) is 7. The predicted molar refractivity (Wildman–Crippen MR) is 101 cm³/mol. The van der Waals surface area contributed by atoms with Crippen LogP contribution in [0, 0.1) is 5.92 Å². The van der Waals surface area contributed by atoms with E-state index in [2.05, 4.69) is 0 Å². The third-order valence-corrected chi connectivity index (χ3v) is 5.91. The van der Waals surface area contributed by atoms with Gasteiger partial charge in [0.2, 0.25) is 0 Å². The number of hydrogen-bond acceptors (Lipinski definition) is 10. The number of ether oxygens (including phenoxy) is 3. The van der Waals surface area contributed by atoms with Gasteiger partial charge in [-0.2, -0.15) is 0 Å². The second kappa shape index (κ2) is 8.50. The first-order valence-electron chi connectivity index (χ1n) is 9.81. The van der Waals surface area contributed by atoms with Crippen molar-refractivity contribution in [3.8, 4) is 0 Å². The van der Waals surface area contributed by atoms with Gasteiger partial charge in [-0.25, -0.2) is 0 Å². The van der Waals surface area contributed by atoms with E-state index >= 15 is 0 Å². The van der Waals surface area contributed by atoms with Crippen LogP contribution < -0.4 is 22.9 Å². The molecule has 0 aromatic rings. The Balaban J connectivity index is 1.73. The molecule has 0 spiro atoms. The normalized spacial score (nSPS) is 50.0. The van der Waals surface area contributed by atoms with E-state index in [0.717, 1.165) is 0 Å².